The largest absolute Gasteiger partial charge is 0.493 e. The Balaban J connectivity index is 1.57. The van der Waals surface area contributed by atoms with Crippen LogP contribution in [0.1, 0.15) is 11.1 Å². The lowest BCUT2D eigenvalue weighted by Crippen LogP contribution is -2.45. The molecule has 0 radical (unpaired) electrons. The Labute approximate surface area is 217 Å². The minimum Gasteiger partial charge on any atom is -0.493 e. The van der Waals surface area contributed by atoms with Gasteiger partial charge in [-0.2, -0.15) is 0 Å². The van der Waals surface area contributed by atoms with E-state index in [1.165, 1.54) is 32.4 Å². The molecule has 0 fully saturated rings. The van der Waals surface area contributed by atoms with Gasteiger partial charge in [0.05, 0.1) is 31.3 Å². The molecule has 0 spiro atoms. The van der Waals surface area contributed by atoms with Crippen molar-refractivity contribution < 1.29 is 32.2 Å². The molecule has 0 saturated heterocycles. The summed E-state index contributed by atoms with van der Waals surface area (Å²) in [7, 11) is -1.24. The van der Waals surface area contributed by atoms with Crippen molar-refractivity contribution in [1.82, 2.24) is 5.32 Å². The minimum atomic E-state index is -4.14. The van der Waals surface area contributed by atoms with Crippen LogP contribution in [0, 0.1) is 13.8 Å². The maximum atomic E-state index is 13.8. The van der Waals surface area contributed by atoms with Crippen LogP contribution in [-0.2, 0) is 14.8 Å². The number of fused-ring (bicyclic) bond motifs is 1. The van der Waals surface area contributed by atoms with E-state index in [4.69, 9.17) is 18.9 Å². The molecule has 0 aliphatic carbocycles. The number of anilines is 1. The normalized spacial score (nSPS) is 14.5. The number of hydrogen-bond donors (Lipinski definition) is 1. The Morgan fingerprint density at radius 1 is 0.973 bits per heavy atom. The molecular formula is C27H30N2O7S. The lowest BCUT2D eigenvalue weighted by atomic mass is 10.1. The fourth-order valence-corrected chi connectivity index (χ4v) is 5.51. The van der Waals surface area contributed by atoms with Crippen molar-refractivity contribution in [3.05, 3.63) is 71.8 Å². The highest BCUT2D eigenvalue weighted by molar-refractivity contribution is 7.92. The molecule has 1 heterocycles. The van der Waals surface area contributed by atoms with E-state index in [0.29, 0.717) is 22.9 Å². The monoisotopic (exact) mass is 526 g/mol. The lowest BCUT2D eigenvalue weighted by molar-refractivity contribution is -0.120. The van der Waals surface area contributed by atoms with Crippen molar-refractivity contribution in [2.75, 3.05) is 38.2 Å². The minimum absolute atomic E-state index is 0.0299. The molecule has 1 N–H and O–H groups in total. The Bertz CT molecular complexity index is 1370. The summed E-state index contributed by atoms with van der Waals surface area (Å²) in [6.07, 6.45) is -0.407. The number of nitrogens with one attached hydrogen (secondary N) is 1. The van der Waals surface area contributed by atoms with Gasteiger partial charge < -0.3 is 24.3 Å². The quantitative estimate of drug-likeness (QED) is 0.455. The van der Waals surface area contributed by atoms with Crippen molar-refractivity contribution in [1.29, 1.82) is 0 Å². The molecule has 1 aliphatic heterocycles. The molecule has 196 valence electrons. The molecule has 37 heavy (non-hydrogen) atoms. The fraction of sp³-hybridized carbons (Fsp3) is 0.296. The summed E-state index contributed by atoms with van der Waals surface area (Å²) < 4.78 is 50.8. The predicted molar refractivity (Wildman–Crippen MR) is 139 cm³/mol. The molecule has 1 unspecified atom stereocenters. The Morgan fingerprint density at radius 2 is 1.65 bits per heavy atom. The molecule has 3 aromatic carbocycles. The first-order valence-corrected chi connectivity index (χ1v) is 13.1. The summed E-state index contributed by atoms with van der Waals surface area (Å²) >= 11 is 0. The van der Waals surface area contributed by atoms with Gasteiger partial charge in [-0.3, -0.25) is 9.10 Å². The first-order valence-electron chi connectivity index (χ1n) is 11.7. The highest BCUT2D eigenvalue weighted by Crippen LogP contribution is 2.33. The summed E-state index contributed by atoms with van der Waals surface area (Å²) in [5.41, 5.74) is 2.12. The number of amides is 1. The van der Waals surface area contributed by atoms with Gasteiger partial charge in [0.25, 0.3) is 10.0 Å². The van der Waals surface area contributed by atoms with E-state index < -0.39 is 28.6 Å². The fourth-order valence-electron chi connectivity index (χ4n) is 4.09. The second kappa shape index (κ2) is 11.0. The second-order valence-corrected chi connectivity index (χ2v) is 10.5. The maximum Gasteiger partial charge on any atom is 0.264 e. The maximum absolute atomic E-state index is 13.8. The number of hydrogen-bond acceptors (Lipinski definition) is 7. The van der Waals surface area contributed by atoms with Crippen molar-refractivity contribution >= 4 is 21.6 Å². The number of benzene rings is 3. The lowest BCUT2D eigenvalue weighted by Gasteiger charge is -2.28. The van der Waals surface area contributed by atoms with Gasteiger partial charge in [-0.25, -0.2) is 8.42 Å². The molecule has 0 bridgehead atoms. The van der Waals surface area contributed by atoms with Gasteiger partial charge in [-0.05, 0) is 61.4 Å². The molecule has 9 nitrogen and oxygen atoms in total. The number of aryl methyl sites for hydroxylation is 2. The van der Waals surface area contributed by atoms with Gasteiger partial charge in [0.1, 0.15) is 19.3 Å². The van der Waals surface area contributed by atoms with E-state index in [0.717, 1.165) is 15.4 Å². The first-order chi connectivity index (χ1) is 17.7. The van der Waals surface area contributed by atoms with E-state index in [1.807, 2.05) is 38.1 Å². The Kier molecular flexibility index (Phi) is 7.77. The summed E-state index contributed by atoms with van der Waals surface area (Å²) in [4.78, 5) is 13.0. The zero-order valence-corrected chi connectivity index (χ0v) is 22.0. The van der Waals surface area contributed by atoms with Gasteiger partial charge in [0.15, 0.2) is 23.0 Å². The topological polar surface area (TPSA) is 103 Å². The van der Waals surface area contributed by atoms with Crippen LogP contribution in [0.2, 0.25) is 0 Å². The average molecular weight is 527 g/mol. The molecule has 1 atom stereocenters. The van der Waals surface area contributed by atoms with Crippen LogP contribution in [0.3, 0.4) is 0 Å². The van der Waals surface area contributed by atoms with Gasteiger partial charge in [-0.1, -0.05) is 18.2 Å². The van der Waals surface area contributed by atoms with Crippen molar-refractivity contribution in [3.8, 4) is 23.0 Å². The third-order valence-electron chi connectivity index (χ3n) is 5.82. The third kappa shape index (κ3) is 5.91. The number of carbonyl (C=O) groups excluding carboxylic acids is 1. The smallest absolute Gasteiger partial charge is 0.264 e. The van der Waals surface area contributed by atoms with E-state index in [-0.39, 0.29) is 23.8 Å². The van der Waals surface area contributed by atoms with Gasteiger partial charge >= 0.3 is 0 Å². The highest BCUT2D eigenvalue weighted by Gasteiger charge is 2.29. The van der Waals surface area contributed by atoms with Crippen LogP contribution in [0.25, 0.3) is 0 Å². The summed E-state index contributed by atoms with van der Waals surface area (Å²) in [5.74, 6) is 1.43. The predicted octanol–water partition coefficient (Wildman–Crippen LogP) is 3.47. The van der Waals surface area contributed by atoms with Crippen LogP contribution in [0.15, 0.2) is 65.6 Å². The van der Waals surface area contributed by atoms with Gasteiger partial charge in [0.2, 0.25) is 5.91 Å². The molecule has 10 heteroatoms. The number of sulfonamides is 1. The molecule has 4 rings (SSSR count). The number of ether oxygens (including phenoxy) is 4. The molecule has 1 aliphatic rings. The zero-order chi connectivity index (χ0) is 26.6. The third-order valence-corrected chi connectivity index (χ3v) is 7.59. The van der Waals surface area contributed by atoms with Crippen molar-refractivity contribution in [3.63, 3.8) is 0 Å². The Hall–Kier alpha value is -3.92. The van der Waals surface area contributed by atoms with Crippen LogP contribution < -0.4 is 28.6 Å². The number of rotatable bonds is 9. The van der Waals surface area contributed by atoms with Gasteiger partial charge in [-0.15, -0.1) is 0 Å². The summed E-state index contributed by atoms with van der Waals surface area (Å²) in [5, 5.41) is 2.78. The van der Waals surface area contributed by atoms with Crippen LogP contribution >= 0.6 is 0 Å². The van der Waals surface area contributed by atoms with Crippen LogP contribution in [-0.4, -0.2) is 54.3 Å². The number of para-hydroxylation sites is 2. The molecule has 0 saturated carbocycles. The van der Waals surface area contributed by atoms with Gasteiger partial charge in [0, 0.05) is 6.07 Å². The number of methoxy groups -OCH3 is 2. The SMILES string of the molecule is COc1ccc(S(=O)(=O)N(CC(=O)NCC2COc3ccccc3O2)c2cc(C)cc(C)c2)cc1OC. The van der Waals surface area contributed by atoms with Crippen LogP contribution in [0.4, 0.5) is 5.69 Å². The summed E-state index contributed by atoms with van der Waals surface area (Å²) in [6, 6.07) is 17.0. The molecule has 1 amide bonds. The summed E-state index contributed by atoms with van der Waals surface area (Å²) in [6.45, 7) is 3.74. The first kappa shape index (κ1) is 26.2. The molecular weight excluding hydrogens is 496 g/mol. The van der Waals surface area contributed by atoms with E-state index in [2.05, 4.69) is 5.32 Å². The number of nitrogens with zero attached hydrogens (tertiary/aromatic N) is 1. The van der Waals surface area contributed by atoms with Crippen molar-refractivity contribution in [2.24, 2.45) is 0 Å². The second-order valence-electron chi connectivity index (χ2n) is 8.68. The van der Waals surface area contributed by atoms with E-state index in [9.17, 15) is 13.2 Å². The van der Waals surface area contributed by atoms with Crippen LogP contribution in [0.5, 0.6) is 23.0 Å². The standard InChI is InChI=1S/C27H30N2O7S/c1-18-11-19(2)13-20(12-18)29(37(31,32)22-9-10-23(33-3)26(14-22)34-4)16-27(30)28-15-21-17-35-24-7-5-6-8-25(24)36-21/h5-14,21H,15-17H2,1-4H3,(H,28,30). The average Bonchev–Trinajstić information content (AvgIpc) is 2.89. The van der Waals surface area contributed by atoms with Crippen molar-refractivity contribution in [2.45, 2.75) is 24.8 Å². The zero-order valence-electron chi connectivity index (χ0n) is 21.2. The molecule has 3 aromatic rings. The Morgan fingerprint density at radius 3 is 2.32 bits per heavy atom. The highest BCUT2D eigenvalue weighted by atomic mass is 32.2. The number of carbonyl (C=O) groups is 1. The molecule has 0 aromatic heterocycles. The van der Waals surface area contributed by atoms with E-state index >= 15 is 0 Å². The van der Waals surface area contributed by atoms with E-state index in [1.54, 1.807) is 18.2 Å².